The molecule has 3 aromatic carbocycles. The third kappa shape index (κ3) is 7.13. The second-order valence-electron chi connectivity index (χ2n) is 9.81. The van der Waals surface area contributed by atoms with Crippen LogP contribution in [-0.2, 0) is 16.2 Å². The third-order valence-corrected chi connectivity index (χ3v) is 6.94. The van der Waals surface area contributed by atoms with Gasteiger partial charge in [-0.2, -0.15) is 13.2 Å². The standard InChI is InChI=1S/C28H27N3O4.C2HF3O2/c1-17-14-19(22-7-2-3-10-25(22)29-17)16-35-20-12-13-21-18(15-20)6-4-8-23(21)27(32)30-26-11-5-9-24(26)28(33)31-34;3-2(4,5)1(6)7/h2-4,6-8,10,12-15,24,26,34H,5,9,11,16H2,1H3,(H,30,32)(H,31,33);(H,6,7). The molecule has 9 nitrogen and oxygen atoms in total. The average molecular weight is 584 g/mol. The van der Waals surface area contributed by atoms with E-state index in [9.17, 15) is 22.8 Å². The van der Waals surface area contributed by atoms with Crippen molar-refractivity contribution in [3.63, 3.8) is 0 Å². The van der Waals surface area contributed by atoms with Crippen molar-refractivity contribution in [3.8, 4) is 5.75 Å². The summed E-state index contributed by atoms with van der Waals surface area (Å²) in [5.74, 6) is -3.15. The van der Waals surface area contributed by atoms with Crippen LogP contribution in [0.25, 0.3) is 21.7 Å². The normalized spacial score (nSPS) is 16.4. The fourth-order valence-electron chi connectivity index (χ4n) is 5.00. The fraction of sp³-hybridized carbons (Fsp3) is 0.267. The minimum Gasteiger partial charge on any atom is -0.489 e. The number of carbonyl (C=O) groups is 3. The zero-order valence-corrected chi connectivity index (χ0v) is 22.4. The third-order valence-electron chi connectivity index (χ3n) is 6.94. The number of aromatic nitrogens is 1. The Morgan fingerprint density at radius 2 is 1.74 bits per heavy atom. The number of rotatable bonds is 6. The van der Waals surface area contributed by atoms with Crippen molar-refractivity contribution in [1.82, 2.24) is 15.8 Å². The molecule has 0 saturated heterocycles. The molecule has 4 aromatic rings. The molecule has 12 heteroatoms. The molecule has 1 aromatic heterocycles. The van der Waals surface area contributed by atoms with Gasteiger partial charge in [0.1, 0.15) is 12.4 Å². The summed E-state index contributed by atoms with van der Waals surface area (Å²) in [7, 11) is 0. The molecule has 0 aliphatic heterocycles. The molecule has 220 valence electrons. The van der Waals surface area contributed by atoms with Crippen LogP contribution in [0.2, 0.25) is 0 Å². The summed E-state index contributed by atoms with van der Waals surface area (Å²) in [4.78, 5) is 38.5. The number of para-hydroxylation sites is 1. The Hall–Kier alpha value is -4.71. The fourth-order valence-corrected chi connectivity index (χ4v) is 5.00. The lowest BCUT2D eigenvalue weighted by molar-refractivity contribution is -0.192. The number of hydrogen-bond donors (Lipinski definition) is 4. The molecule has 42 heavy (non-hydrogen) atoms. The van der Waals surface area contributed by atoms with Gasteiger partial charge in [0.15, 0.2) is 0 Å². The van der Waals surface area contributed by atoms with Gasteiger partial charge < -0.3 is 15.2 Å². The summed E-state index contributed by atoms with van der Waals surface area (Å²) >= 11 is 0. The molecule has 1 saturated carbocycles. The van der Waals surface area contributed by atoms with Crippen LogP contribution in [0.1, 0.15) is 40.9 Å². The van der Waals surface area contributed by atoms with Gasteiger partial charge in [0, 0.05) is 28.2 Å². The van der Waals surface area contributed by atoms with Gasteiger partial charge in [-0.3, -0.25) is 19.8 Å². The second-order valence-corrected chi connectivity index (χ2v) is 9.81. The van der Waals surface area contributed by atoms with Crippen LogP contribution in [0.4, 0.5) is 13.2 Å². The van der Waals surface area contributed by atoms with Crippen LogP contribution in [0, 0.1) is 12.8 Å². The number of nitrogens with one attached hydrogen (secondary N) is 2. The van der Waals surface area contributed by atoms with Crippen molar-refractivity contribution in [2.24, 2.45) is 5.92 Å². The van der Waals surface area contributed by atoms with Gasteiger partial charge in [0.05, 0.1) is 11.4 Å². The number of aryl methyl sites for hydroxylation is 1. The molecule has 4 N–H and O–H groups in total. The molecule has 2 atom stereocenters. The molecular weight excluding hydrogens is 555 g/mol. The van der Waals surface area contributed by atoms with E-state index in [1.807, 2.05) is 67.6 Å². The van der Waals surface area contributed by atoms with Gasteiger partial charge in [-0.1, -0.05) is 36.8 Å². The Bertz CT molecular complexity index is 1630. The Morgan fingerprint density at radius 3 is 2.45 bits per heavy atom. The molecule has 1 aliphatic rings. The first-order chi connectivity index (χ1) is 20.0. The number of carboxylic acids is 1. The first-order valence-corrected chi connectivity index (χ1v) is 13.0. The first kappa shape index (κ1) is 30.3. The number of aliphatic carboxylic acids is 1. The van der Waals surface area contributed by atoms with Gasteiger partial charge in [-0.15, -0.1) is 0 Å². The van der Waals surface area contributed by atoms with Crippen molar-refractivity contribution < 1.29 is 42.6 Å². The Labute approximate surface area is 238 Å². The lowest BCUT2D eigenvalue weighted by atomic mass is 10.0. The highest BCUT2D eigenvalue weighted by atomic mass is 19.4. The Balaban J connectivity index is 0.000000517. The highest BCUT2D eigenvalue weighted by Gasteiger charge is 2.38. The maximum Gasteiger partial charge on any atom is 0.490 e. The minimum absolute atomic E-state index is 0.231. The predicted molar refractivity (Wildman–Crippen MR) is 147 cm³/mol. The van der Waals surface area contributed by atoms with Crippen LogP contribution in [0.15, 0.2) is 66.7 Å². The predicted octanol–water partition coefficient (Wildman–Crippen LogP) is 5.31. The quantitative estimate of drug-likeness (QED) is 0.178. The number of carboxylic acid groups (broad SMARTS) is 1. The first-order valence-electron chi connectivity index (χ1n) is 13.0. The van der Waals surface area contributed by atoms with E-state index in [0.29, 0.717) is 30.8 Å². The zero-order chi connectivity index (χ0) is 30.4. The van der Waals surface area contributed by atoms with E-state index in [1.165, 1.54) is 0 Å². The van der Waals surface area contributed by atoms with Crippen molar-refractivity contribution >= 4 is 39.5 Å². The molecule has 0 radical (unpaired) electrons. The number of halogens is 3. The molecule has 5 rings (SSSR count). The lowest BCUT2D eigenvalue weighted by Gasteiger charge is -2.20. The summed E-state index contributed by atoms with van der Waals surface area (Å²) in [6, 6.07) is 21.0. The van der Waals surface area contributed by atoms with Crippen LogP contribution < -0.4 is 15.5 Å². The Morgan fingerprint density at radius 1 is 1.00 bits per heavy atom. The Kier molecular flexibility index (Phi) is 9.26. The molecule has 0 bridgehead atoms. The van der Waals surface area contributed by atoms with Gasteiger partial charge in [0.2, 0.25) is 5.91 Å². The number of pyridine rings is 1. The summed E-state index contributed by atoms with van der Waals surface area (Å²) in [5, 5.41) is 21.9. The van der Waals surface area contributed by atoms with Crippen molar-refractivity contribution in [2.75, 3.05) is 0 Å². The highest BCUT2D eigenvalue weighted by Crippen LogP contribution is 2.29. The molecular formula is C30H28F3N3O6. The summed E-state index contributed by atoms with van der Waals surface area (Å²) in [6.07, 6.45) is -2.92. The smallest absolute Gasteiger partial charge is 0.489 e. The van der Waals surface area contributed by atoms with Crippen LogP contribution >= 0.6 is 0 Å². The van der Waals surface area contributed by atoms with Crippen molar-refractivity contribution in [3.05, 3.63) is 83.6 Å². The van der Waals surface area contributed by atoms with E-state index in [4.69, 9.17) is 19.8 Å². The maximum absolute atomic E-state index is 13.1. The van der Waals surface area contributed by atoms with E-state index in [-0.39, 0.29) is 11.9 Å². The van der Waals surface area contributed by atoms with Crippen molar-refractivity contribution in [1.29, 1.82) is 0 Å². The monoisotopic (exact) mass is 583 g/mol. The van der Waals surface area contributed by atoms with Gasteiger partial charge in [-0.05, 0) is 66.9 Å². The number of amides is 2. The number of fused-ring (bicyclic) bond motifs is 2. The average Bonchev–Trinajstić information content (AvgIpc) is 3.42. The lowest BCUT2D eigenvalue weighted by Crippen LogP contribution is -2.43. The second kappa shape index (κ2) is 12.9. The number of carbonyl (C=O) groups excluding carboxylic acids is 2. The van der Waals surface area contributed by atoms with E-state index in [1.54, 1.807) is 11.5 Å². The number of alkyl halides is 3. The number of hydrogen-bond acceptors (Lipinski definition) is 6. The minimum atomic E-state index is -5.08. The number of hydroxylamine groups is 1. The largest absolute Gasteiger partial charge is 0.490 e. The summed E-state index contributed by atoms with van der Waals surface area (Å²) in [5.41, 5.74) is 5.21. The molecule has 1 aliphatic carbocycles. The van der Waals surface area contributed by atoms with E-state index in [2.05, 4.69) is 10.3 Å². The highest BCUT2D eigenvalue weighted by molar-refractivity contribution is 6.07. The molecule has 2 amide bonds. The van der Waals surface area contributed by atoms with E-state index >= 15 is 0 Å². The number of ether oxygens (including phenoxy) is 1. The number of benzene rings is 3. The van der Waals surface area contributed by atoms with E-state index < -0.39 is 24.0 Å². The van der Waals surface area contributed by atoms with Gasteiger partial charge in [-0.25, -0.2) is 10.3 Å². The van der Waals surface area contributed by atoms with Gasteiger partial charge in [0.25, 0.3) is 5.91 Å². The van der Waals surface area contributed by atoms with Crippen LogP contribution in [0.3, 0.4) is 0 Å². The SMILES string of the molecule is Cc1cc(COc2ccc3c(C(=O)NC4CCCC4C(=O)NO)cccc3c2)c2ccccc2n1.O=C(O)C(F)(F)F. The van der Waals surface area contributed by atoms with Crippen molar-refractivity contribution in [2.45, 2.75) is 45.0 Å². The van der Waals surface area contributed by atoms with Gasteiger partial charge >= 0.3 is 12.1 Å². The summed E-state index contributed by atoms with van der Waals surface area (Å²) in [6.45, 7) is 2.38. The molecule has 1 fully saturated rings. The molecule has 2 unspecified atom stereocenters. The maximum atomic E-state index is 13.1. The zero-order valence-electron chi connectivity index (χ0n) is 22.4. The molecule has 1 heterocycles. The summed E-state index contributed by atoms with van der Waals surface area (Å²) < 4.78 is 37.9. The molecule has 0 spiro atoms. The number of nitrogens with zero attached hydrogens (tertiary/aromatic N) is 1. The van der Waals surface area contributed by atoms with Crippen LogP contribution in [0.5, 0.6) is 5.75 Å². The van der Waals surface area contributed by atoms with E-state index in [0.717, 1.165) is 39.4 Å². The topological polar surface area (TPSA) is 138 Å². The van der Waals surface area contributed by atoms with Crippen LogP contribution in [-0.4, -0.2) is 45.3 Å².